The summed E-state index contributed by atoms with van der Waals surface area (Å²) in [7, 11) is 0. The number of nitrogens with zero attached hydrogens (tertiary/aromatic N) is 2. The van der Waals surface area contributed by atoms with Crippen LogP contribution in [-0.2, 0) is 11.3 Å². The first-order chi connectivity index (χ1) is 14.0. The Bertz CT molecular complexity index is 957. The number of unbranched alkanes of at least 4 members (excludes halogenated alkanes) is 1. The molecule has 0 bridgehead atoms. The van der Waals surface area contributed by atoms with Gasteiger partial charge in [-0.1, -0.05) is 25.1 Å². The van der Waals surface area contributed by atoms with Crippen molar-refractivity contribution in [1.82, 2.24) is 14.9 Å². The fraction of sp³-hybridized carbons (Fsp3) is 0.417. The van der Waals surface area contributed by atoms with E-state index in [0.717, 1.165) is 42.0 Å². The molecule has 29 heavy (non-hydrogen) atoms. The van der Waals surface area contributed by atoms with Gasteiger partial charge in [0.1, 0.15) is 11.6 Å². The summed E-state index contributed by atoms with van der Waals surface area (Å²) in [6.45, 7) is 9.56. The van der Waals surface area contributed by atoms with Crippen LogP contribution in [0.1, 0.15) is 56.1 Å². The number of hydrogen-bond acceptors (Lipinski definition) is 3. The first-order valence-corrected chi connectivity index (χ1v) is 10.4. The number of carbonyl (C=O) groups excluding carboxylic acids is 1. The average Bonchev–Trinajstić information content (AvgIpc) is 3.05. The number of nitrogens with one attached hydrogen (secondary N) is 1. The summed E-state index contributed by atoms with van der Waals surface area (Å²) in [5, 5.41) is 3.03. The van der Waals surface area contributed by atoms with Crippen LogP contribution >= 0.6 is 0 Å². The van der Waals surface area contributed by atoms with Crippen molar-refractivity contribution in [3.63, 3.8) is 0 Å². The Kier molecular flexibility index (Phi) is 6.91. The first kappa shape index (κ1) is 20.9. The average molecular weight is 394 g/mol. The highest BCUT2D eigenvalue weighted by atomic mass is 16.5. The van der Waals surface area contributed by atoms with Gasteiger partial charge in [-0.2, -0.15) is 0 Å². The number of fused-ring (bicyclic) bond motifs is 1. The van der Waals surface area contributed by atoms with Crippen LogP contribution in [0.3, 0.4) is 0 Å². The van der Waals surface area contributed by atoms with E-state index in [1.165, 1.54) is 11.1 Å². The summed E-state index contributed by atoms with van der Waals surface area (Å²) in [6, 6.07) is 14.3. The number of benzene rings is 2. The van der Waals surface area contributed by atoms with Gasteiger partial charge in [-0.05, 0) is 69.0 Å². The van der Waals surface area contributed by atoms with Crippen molar-refractivity contribution < 1.29 is 9.53 Å². The van der Waals surface area contributed by atoms with Crippen molar-refractivity contribution in [2.75, 3.05) is 6.61 Å². The lowest BCUT2D eigenvalue weighted by Gasteiger charge is -2.16. The van der Waals surface area contributed by atoms with Crippen molar-refractivity contribution in [1.29, 1.82) is 0 Å². The van der Waals surface area contributed by atoms with Crippen molar-refractivity contribution in [2.24, 2.45) is 0 Å². The molecule has 0 aliphatic heterocycles. The third-order valence-corrected chi connectivity index (χ3v) is 5.01. The van der Waals surface area contributed by atoms with Crippen molar-refractivity contribution in [2.45, 2.75) is 59.5 Å². The molecule has 1 amide bonds. The number of aryl methyl sites for hydroxylation is 3. The minimum Gasteiger partial charge on any atom is -0.494 e. The third kappa shape index (κ3) is 5.37. The highest BCUT2D eigenvalue weighted by Gasteiger charge is 2.17. The van der Waals surface area contributed by atoms with Crippen molar-refractivity contribution in [3.05, 3.63) is 59.4 Å². The van der Waals surface area contributed by atoms with Crippen LogP contribution in [0.15, 0.2) is 42.5 Å². The van der Waals surface area contributed by atoms with E-state index < -0.39 is 0 Å². The van der Waals surface area contributed by atoms with Crippen LogP contribution < -0.4 is 10.1 Å². The van der Waals surface area contributed by atoms with Crippen LogP contribution in [0.25, 0.3) is 11.0 Å². The highest BCUT2D eigenvalue weighted by Crippen LogP contribution is 2.22. The van der Waals surface area contributed by atoms with E-state index in [2.05, 4.69) is 48.0 Å². The molecule has 1 heterocycles. The van der Waals surface area contributed by atoms with Gasteiger partial charge in [-0.25, -0.2) is 4.98 Å². The zero-order chi connectivity index (χ0) is 20.8. The Morgan fingerprint density at radius 2 is 1.86 bits per heavy atom. The monoisotopic (exact) mass is 393 g/mol. The second-order valence-corrected chi connectivity index (χ2v) is 7.63. The summed E-state index contributed by atoms with van der Waals surface area (Å²) in [5.74, 6) is 1.88. The second kappa shape index (κ2) is 9.59. The molecule has 2 aromatic carbocycles. The molecule has 1 atom stereocenters. The molecule has 5 heteroatoms. The molecule has 3 rings (SSSR count). The van der Waals surface area contributed by atoms with Gasteiger partial charge in [0, 0.05) is 13.0 Å². The van der Waals surface area contributed by atoms with Gasteiger partial charge in [0.25, 0.3) is 0 Å². The van der Waals surface area contributed by atoms with Gasteiger partial charge >= 0.3 is 0 Å². The predicted octanol–water partition coefficient (Wildman–Crippen LogP) is 5.10. The zero-order valence-corrected chi connectivity index (χ0v) is 17.9. The quantitative estimate of drug-likeness (QED) is 0.515. The molecular formula is C24H31N3O2. The first-order valence-electron chi connectivity index (χ1n) is 10.4. The molecule has 0 aliphatic rings. The molecule has 1 unspecified atom stereocenters. The Morgan fingerprint density at radius 3 is 2.59 bits per heavy atom. The molecule has 0 radical (unpaired) electrons. The number of carbonyl (C=O) groups is 1. The van der Waals surface area contributed by atoms with Crippen molar-refractivity contribution in [3.8, 4) is 5.75 Å². The van der Waals surface area contributed by atoms with E-state index >= 15 is 0 Å². The van der Waals surface area contributed by atoms with Crippen LogP contribution in [-0.4, -0.2) is 22.1 Å². The van der Waals surface area contributed by atoms with Gasteiger partial charge in [0.15, 0.2) is 0 Å². The van der Waals surface area contributed by atoms with Crippen LogP contribution in [0.2, 0.25) is 0 Å². The minimum atomic E-state index is -0.124. The van der Waals surface area contributed by atoms with Crippen LogP contribution in [0, 0.1) is 13.8 Å². The molecule has 0 fully saturated rings. The van der Waals surface area contributed by atoms with Gasteiger partial charge in [0.05, 0.1) is 23.7 Å². The zero-order valence-electron chi connectivity index (χ0n) is 17.9. The summed E-state index contributed by atoms with van der Waals surface area (Å²) in [6.07, 6.45) is 2.40. The number of amides is 1. The maximum atomic E-state index is 11.8. The molecular weight excluding hydrogens is 362 g/mol. The largest absolute Gasteiger partial charge is 0.494 e. The maximum absolute atomic E-state index is 11.8. The number of aromatic nitrogens is 2. The fourth-order valence-corrected chi connectivity index (χ4v) is 3.65. The van der Waals surface area contributed by atoms with E-state index in [-0.39, 0.29) is 11.9 Å². The number of rotatable bonds is 9. The van der Waals surface area contributed by atoms with Crippen LogP contribution in [0.5, 0.6) is 5.75 Å². The summed E-state index contributed by atoms with van der Waals surface area (Å²) < 4.78 is 8.17. The van der Waals surface area contributed by atoms with E-state index in [4.69, 9.17) is 9.72 Å². The number of hydrogen-bond donors (Lipinski definition) is 1. The SMILES string of the molecule is CCC(=O)NC(C)c1nc2ccccc2n1CCCCOc1cc(C)cc(C)c1. The van der Waals surface area contributed by atoms with E-state index in [0.29, 0.717) is 13.0 Å². The Balaban J connectivity index is 1.64. The summed E-state index contributed by atoms with van der Waals surface area (Å²) in [5.41, 5.74) is 4.51. The predicted molar refractivity (Wildman–Crippen MR) is 117 cm³/mol. The van der Waals surface area contributed by atoms with Gasteiger partial charge in [-0.15, -0.1) is 0 Å². The summed E-state index contributed by atoms with van der Waals surface area (Å²) in [4.78, 5) is 16.6. The number of imidazole rings is 1. The second-order valence-electron chi connectivity index (χ2n) is 7.63. The van der Waals surface area contributed by atoms with Gasteiger partial charge in [-0.3, -0.25) is 4.79 Å². The van der Waals surface area contributed by atoms with E-state index in [1.807, 2.05) is 32.0 Å². The molecule has 0 saturated heterocycles. The standard InChI is InChI=1S/C24H31N3O2/c1-5-23(28)25-19(4)24-26-21-10-6-7-11-22(21)27(24)12-8-9-13-29-20-15-17(2)14-18(3)16-20/h6-7,10-11,14-16,19H,5,8-9,12-13H2,1-4H3,(H,25,28). The fourth-order valence-electron chi connectivity index (χ4n) is 3.65. The molecule has 154 valence electrons. The molecule has 0 spiro atoms. The molecule has 0 aliphatic carbocycles. The molecule has 1 N–H and O–H groups in total. The third-order valence-electron chi connectivity index (χ3n) is 5.01. The Hall–Kier alpha value is -2.82. The van der Waals surface area contributed by atoms with E-state index in [1.54, 1.807) is 0 Å². The summed E-state index contributed by atoms with van der Waals surface area (Å²) >= 11 is 0. The van der Waals surface area contributed by atoms with Gasteiger partial charge in [0.2, 0.25) is 5.91 Å². The number of ether oxygens (including phenoxy) is 1. The Labute approximate surface area is 173 Å². The lowest BCUT2D eigenvalue weighted by Crippen LogP contribution is -2.28. The van der Waals surface area contributed by atoms with E-state index in [9.17, 15) is 4.79 Å². The lowest BCUT2D eigenvalue weighted by atomic mass is 10.1. The smallest absolute Gasteiger partial charge is 0.220 e. The highest BCUT2D eigenvalue weighted by molar-refractivity contribution is 5.77. The number of para-hydroxylation sites is 2. The maximum Gasteiger partial charge on any atom is 0.220 e. The normalized spacial score (nSPS) is 12.1. The minimum absolute atomic E-state index is 0.0398. The van der Waals surface area contributed by atoms with Crippen LogP contribution in [0.4, 0.5) is 0 Å². The van der Waals surface area contributed by atoms with Gasteiger partial charge < -0.3 is 14.6 Å². The topological polar surface area (TPSA) is 56.2 Å². The van der Waals surface area contributed by atoms with Crippen molar-refractivity contribution >= 4 is 16.9 Å². The Morgan fingerprint density at radius 1 is 1.14 bits per heavy atom. The molecule has 0 saturated carbocycles. The molecule has 1 aromatic heterocycles. The lowest BCUT2D eigenvalue weighted by molar-refractivity contribution is -0.121. The molecule has 3 aromatic rings. The molecule has 5 nitrogen and oxygen atoms in total.